The van der Waals surface area contributed by atoms with Crippen LogP contribution in [0.5, 0.6) is 0 Å². The van der Waals surface area contributed by atoms with Gasteiger partial charge in [0.25, 0.3) is 0 Å². The lowest BCUT2D eigenvalue weighted by Crippen LogP contribution is -1.99. The molecule has 0 amide bonds. The van der Waals surface area contributed by atoms with Gasteiger partial charge in [0.15, 0.2) is 0 Å². The van der Waals surface area contributed by atoms with E-state index in [9.17, 15) is 0 Å². The van der Waals surface area contributed by atoms with Crippen LogP contribution in [-0.4, -0.2) is 4.57 Å². The van der Waals surface area contributed by atoms with E-state index in [-0.39, 0.29) is 0 Å². The van der Waals surface area contributed by atoms with E-state index in [1.165, 1.54) is 120 Å². The molecule has 12 aromatic rings. The van der Waals surface area contributed by atoms with Crippen LogP contribution >= 0.6 is 11.3 Å². The predicted molar refractivity (Wildman–Crippen MR) is 265 cm³/mol. The van der Waals surface area contributed by atoms with Gasteiger partial charge < -0.3 is 4.57 Å². The molecule has 0 saturated heterocycles. The molecule has 2 heteroatoms. The van der Waals surface area contributed by atoms with Crippen molar-refractivity contribution < 1.29 is 0 Å². The molecule has 62 heavy (non-hydrogen) atoms. The average Bonchev–Trinajstić information content (AvgIpc) is 3.89. The molecule has 0 N–H and O–H groups in total. The van der Waals surface area contributed by atoms with Crippen LogP contribution in [-0.2, 0) is 0 Å². The summed E-state index contributed by atoms with van der Waals surface area (Å²) in [6, 6.07) is 83.3. The lowest BCUT2D eigenvalue weighted by atomic mass is 9.78. The highest BCUT2D eigenvalue weighted by atomic mass is 32.1. The second kappa shape index (κ2) is 13.9. The molecule has 0 unspecified atom stereocenters. The first kappa shape index (κ1) is 35.0. The summed E-state index contributed by atoms with van der Waals surface area (Å²) in [5.41, 5.74) is 20.9. The smallest absolute Gasteiger partial charge is 0.0541 e. The first-order valence-corrected chi connectivity index (χ1v) is 22.2. The van der Waals surface area contributed by atoms with Crippen molar-refractivity contribution in [1.82, 2.24) is 4.57 Å². The lowest BCUT2D eigenvalue weighted by Gasteiger charge is -2.25. The molecule has 0 atom stereocenters. The number of benzene rings is 10. The van der Waals surface area contributed by atoms with E-state index in [1.54, 1.807) is 0 Å². The van der Waals surface area contributed by atoms with Gasteiger partial charge in [-0.1, -0.05) is 170 Å². The highest BCUT2D eigenvalue weighted by molar-refractivity contribution is 7.26. The van der Waals surface area contributed by atoms with Crippen molar-refractivity contribution in [3.8, 4) is 83.6 Å². The van der Waals surface area contributed by atoms with E-state index in [1.807, 2.05) is 11.3 Å². The SMILES string of the molecule is c1ccc(-n2c3ccccc3c3cc(-c4cc(-c5cccc6c5-c5ccccc5-c5ccccc5-c5ccccc5-6)cc(-c5cccc6c5sc5ccccc56)c4)ccc32)cc1. The minimum absolute atomic E-state index is 1.16. The van der Waals surface area contributed by atoms with Crippen molar-refractivity contribution in [2.24, 2.45) is 0 Å². The van der Waals surface area contributed by atoms with Gasteiger partial charge in [0.2, 0.25) is 0 Å². The summed E-state index contributed by atoms with van der Waals surface area (Å²) in [6.07, 6.45) is 0. The maximum Gasteiger partial charge on any atom is 0.0541 e. The second-order valence-corrected chi connectivity index (χ2v) is 17.4. The van der Waals surface area contributed by atoms with Crippen LogP contribution in [0.4, 0.5) is 0 Å². The third-order valence-electron chi connectivity index (χ3n) is 13.0. The molecule has 0 saturated carbocycles. The summed E-state index contributed by atoms with van der Waals surface area (Å²) in [7, 11) is 0. The van der Waals surface area contributed by atoms with Gasteiger partial charge >= 0.3 is 0 Å². The Morgan fingerprint density at radius 3 is 1.53 bits per heavy atom. The zero-order chi connectivity index (χ0) is 40.7. The molecule has 288 valence electrons. The fourth-order valence-electron chi connectivity index (χ4n) is 10.2. The minimum Gasteiger partial charge on any atom is -0.309 e. The fraction of sp³-hybridized carbons (Fsp3) is 0. The number of aromatic nitrogens is 1. The van der Waals surface area contributed by atoms with Gasteiger partial charge in [-0.05, 0) is 132 Å². The van der Waals surface area contributed by atoms with E-state index in [4.69, 9.17) is 0 Å². The average molecular weight is 804 g/mol. The van der Waals surface area contributed by atoms with Crippen molar-refractivity contribution in [3.63, 3.8) is 0 Å². The molecule has 10 aromatic carbocycles. The van der Waals surface area contributed by atoms with Crippen molar-refractivity contribution in [2.75, 3.05) is 0 Å². The topological polar surface area (TPSA) is 4.93 Å². The van der Waals surface area contributed by atoms with Crippen LogP contribution in [0.15, 0.2) is 224 Å². The number of para-hydroxylation sites is 2. The first-order chi connectivity index (χ1) is 30.8. The molecular formula is C60H37NS. The number of rotatable bonds is 4. The monoisotopic (exact) mass is 803 g/mol. The summed E-state index contributed by atoms with van der Waals surface area (Å²) >= 11 is 1.89. The van der Waals surface area contributed by atoms with E-state index >= 15 is 0 Å². The van der Waals surface area contributed by atoms with Crippen molar-refractivity contribution in [3.05, 3.63) is 224 Å². The number of fused-ring (bicyclic) bond motifs is 14. The molecule has 13 rings (SSSR count). The summed E-state index contributed by atoms with van der Waals surface area (Å²) in [5, 5.41) is 5.11. The van der Waals surface area contributed by atoms with Crippen LogP contribution in [0.25, 0.3) is 126 Å². The Kier molecular flexibility index (Phi) is 7.85. The molecular weight excluding hydrogens is 767 g/mol. The van der Waals surface area contributed by atoms with Crippen LogP contribution in [0.2, 0.25) is 0 Å². The summed E-state index contributed by atoms with van der Waals surface area (Å²) in [4.78, 5) is 0. The molecule has 2 aromatic heterocycles. The Balaban J connectivity index is 1.10. The van der Waals surface area contributed by atoms with Crippen LogP contribution in [0.1, 0.15) is 0 Å². The van der Waals surface area contributed by atoms with Gasteiger partial charge in [-0.3, -0.25) is 0 Å². The number of hydrogen-bond acceptors (Lipinski definition) is 1. The highest BCUT2D eigenvalue weighted by Crippen LogP contribution is 2.51. The Morgan fingerprint density at radius 1 is 0.274 bits per heavy atom. The van der Waals surface area contributed by atoms with Crippen molar-refractivity contribution >= 4 is 53.3 Å². The molecule has 2 heterocycles. The quantitative estimate of drug-likeness (QED) is 0.167. The highest BCUT2D eigenvalue weighted by Gasteiger charge is 2.25. The maximum absolute atomic E-state index is 2.44. The minimum atomic E-state index is 1.16. The standard InChI is InChI=1S/C60H37NS/c1-2-16-42(17-3-1)61-56-30-12-10-23-50(56)55-37-38(32-33-57(55)61)39-34-40(36-41(35-39)44-27-15-29-54-51-24-11-13-31-58(51)62-60(44)54)43-26-14-28-53-49-21-7-6-20-47(49)45-18-4-5-19-46(45)48-22-8-9-25-52(48)59(43)53/h1-37H. The van der Waals surface area contributed by atoms with Gasteiger partial charge in [-0.25, -0.2) is 0 Å². The maximum atomic E-state index is 2.44. The Hall–Kier alpha value is -7.78. The van der Waals surface area contributed by atoms with Gasteiger partial charge in [0.05, 0.1) is 11.0 Å². The largest absolute Gasteiger partial charge is 0.309 e. The predicted octanol–water partition coefficient (Wildman–Crippen LogP) is 17.1. The Bertz CT molecular complexity index is 3750. The number of nitrogens with zero attached hydrogens (tertiary/aromatic N) is 1. The van der Waals surface area contributed by atoms with Gasteiger partial charge in [-0.15, -0.1) is 11.3 Å². The Labute approximate surface area is 364 Å². The Morgan fingerprint density at radius 2 is 0.774 bits per heavy atom. The van der Waals surface area contributed by atoms with E-state index in [0.29, 0.717) is 0 Å². The van der Waals surface area contributed by atoms with Crippen LogP contribution < -0.4 is 0 Å². The van der Waals surface area contributed by atoms with Gasteiger partial charge in [-0.2, -0.15) is 0 Å². The molecule has 0 spiro atoms. The van der Waals surface area contributed by atoms with Crippen LogP contribution in [0.3, 0.4) is 0 Å². The molecule has 0 bridgehead atoms. The fourth-order valence-corrected chi connectivity index (χ4v) is 11.5. The van der Waals surface area contributed by atoms with E-state index in [0.717, 1.165) is 5.69 Å². The summed E-state index contributed by atoms with van der Waals surface area (Å²) < 4.78 is 5.03. The molecule has 0 aliphatic heterocycles. The second-order valence-electron chi connectivity index (χ2n) is 16.4. The molecule has 0 radical (unpaired) electrons. The number of thiophene rings is 1. The van der Waals surface area contributed by atoms with Gasteiger partial charge in [0, 0.05) is 36.6 Å². The van der Waals surface area contributed by atoms with Crippen molar-refractivity contribution in [2.45, 2.75) is 0 Å². The molecule has 0 fully saturated rings. The molecule has 1 nitrogen and oxygen atoms in total. The third kappa shape index (κ3) is 5.34. The molecule has 1 aliphatic rings. The van der Waals surface area contributed by atoms with Gasteiger partial charge in [0.1, 0.15) is 0 Å². The zero-order valence-electron chi connectivity index (χ0n) is 33.7. The lowest BCUT2D eigenvalue weighted by molar-refractivity contribution is 1.18. The molecule has 1 aliphatic carbocycles. The van der Waals surface area contributed by atoms with E-state index in [2.05, 4.69) is 229 Å². The van der Waals surface area contributed by atoms with E-state index < -0.39 is 0 Å². The third-order valence-corrected chi connectivity index (χ3v) is 14.2. The zero-order valence-corrected chi connectivity index (χ0v) is 34.5. The van der Waals surface area contributed by atoms with Crippen LogP contribution in [0, 0.1) is 0 Å². The first-order valence-electron chi connectivity index (χ1n) is 21.3. The van der Waals surface area contributed by atoms with Crippen molar-refractivity contribution in [1.29, 1.82) is 0 Å². The number of hydrogen-bond donors (Lipinski definition) is 0. The summed E-state index contributed by atoms with van der Waals surface area (Å²) in [5.74, 6) is 0. The summed E-state index contributed by atoms with van der Waals surface area (Å²) in [6.45, 7) is 0. The normalized spacial score (nSPS) is 11.9.